The second kappa shape index (κ2) is 4.99. The van der Waals surface area contributed by atoms with Crippen molar-refractivity contribution >= 4 is 5.78 Å². The number of hydrogen-bond acceptors (Lipinski definition) is 1. The summed E-state index contributed by atoms with van der Waals surface area (Å²) in [6.07, 6.45) is 9.50. The van der Waals surface area contributed by atoms with E-state index >= 15 is 0 Å². The van der Waals surface area contributed by atoms with Crippen LogP contribution in [0.2, 0.25) is 0 Å². The van der Waals surface area contributed by atoms with Gasteiger partial charge in [0.15, 0.2) is 0 Å². The van der Waals surface area contributed by atoms with Crippen LogP contribution in [0.5, 0.6) is 0 Å². The van der Waals surface area contributed by atoms with Gasteiger partial charge in [-0.05, 0) is 30.4 Å². The molecule has 1 aromatic rings. The first-order valence-corrected chi connectivity index (χ1v) is 5.87. The van der Waals surface area contributed by atoms with E-state index in [0.717, 1.165) is 19.3 Å². The Morgan fingerprint density at radius 3 is 3.06 bits per heavy atom. The molecule has 0 aliphatic heterocycles. The van der Waals surface area contributed by atoms with E-state index in [1.807, 2.05) is 12.1 Å². The zero-order valence-electron chi connectivity index (χ0n) is 9.41. The van der Waals surface area contributed by atoms with Crippen LogP contribution in [0.15, 0.2) is 24.3 Å². The Kier molecular flexibility index (Phi) is 3.41. The topological polar surface area (TPSA) is 17.1 Å². The first-order valence-electron chi connectivity index (χ1n) is 5.87. The molecule has 0 aromatic heterocycles. The lowest BCUT2D eigenvalue weighted by atomic mass is 9.79. The molecule has 0 amide bonds. The van der Waals surface area contributed by atoms with E-state index in [9.17, 15) is 4.79 Å². The van der Waals surface area contributed by atoms with Gasteiger partial charge in [-0.15, -0.1) is 12.3 Å². The summed E-state index contributed by atoms with van der Waals surface area (Å²) in [4.78, 5) is 12.0. The highest BCUT2D eigenvalue weighted by Crippen LogP contribution is 2.32. The van der Waals surface area contributed by atoms with Crippen LogP contribution in [0.4, 0.5) is 0 Å². The third-order valence-corrected chi connectivity index (χ3v) is 3.27. The van der Waals surface area contributed by atoms with Crippen LogP contribution >= 0.6 is 0 Å². The van der Waals surface area contributed by atoms with Crippen molar-refractivity contribution in [2.24, 2.45) is 0 Å². The van der Waals surface area contributed by atoms with Gasteiger partial charge >= 0.3 is 0 Å². The SMILES string of the molecule is C#CCCC(=O)C1CCCc2ccccc21. The summed E-state index contributed by atoms with van der Waals surface area (Å²) in [6.45, 7) is 0. The molecule has 1 heteroatoms. The second-order valence-electron chi connectivity index (χ2n) is 4.31. The van der Waals surface area contributed by atoms with Gasteiger partial charge in [-0.2, -0.15) is 0 Å². The fourth-order valence-electron chi connectivity index (χ4n) is 2.46. The number of ketones is 1. The van der Waals surface area contributed by atoms with Crippen LogP contribution in [0, 0.1) is 12.3 Å². The van der Waals surface area contributed by atoms with Crippen molar-refractivity contribution in [1.82, 2.24) is 0 Å². The van der Waals surface area contributed by atoms with Gasteiger partial charge in [0.05, 0.1) is 0 Å². The third kappa shape index (κ3) is 2.17. The van der Waals surface area contributed by atoms with Crippen molar-refractivity contribution in [3.63, 3.8) is 0 Å². The Morgan fingerprint density at radius 2 is 2.25 bits per heavy atom. The molecule has 1 atom stereocenters. The van der Waals surface area contributed by atoms with Crippen LogP contribution in [0.3, 0.4) is 0 Å². The second-order valence-corrected chi connectivity index (χ2v) is 4.31. The average Bonchev–Trinajstić information content (AvgIpc) is 2.35. The molecule has 0 bridgehead atoms. The van der Waals surface area contributed by atoms with Crippen molar-refractivity contribution < 1.29 is 4.79 Å². The Bertz CT molecular complexity index is 425. The third-order valence-electron chi connectivity index (χ3n) is 3.27. The normalized spacial score (nSPS) is 18.6. The lowest BCUT2D eigenvalue weighted by Gasteiger charge is -2.24. The van der Waals surface area contributed by atoms with E-state index in [1.54, 1.807) is 0 Å². The highest BCUT2D eigenvalue weighted by Gasteiger charge is 2.25. The van der Waals surface area contributed by atoms with Gasteiger partial charge in [-0.25, -0.2) is 0 Å². The Labute approximate surface area is 96.9 Å². The van der Waals surface area contributed by atoms with Crippen molar-refractivity contribution in [3.8, 4) is 12.3 Å². The Morgan fingerprint density at radius 1 is 1.44 bits per heavy atom. The van der Waals surface area contributed by atoms with Gasteiger partial charge in [0.25, 0.3) is 0 Å². The standard InChI is InChI=1S/C15H16O/c1-2-3-11-15(16)14-10-6-8-12-7-4-5-9-13(12)14/h1,4-5,7,9,14H,3,6,8,10-11H2. The first kappa shape index (κ1) is 11.0. The number of Topliss-reactive ketones (excluding diaryl/α,β-unsaturated/α-hetero) is 1. The van der Waals surface area contributed by atoms with E-state index in [-0.39, 0.29) is 5.92 Å². The van der Waals surface area contributed by atoms with Crippen molar-refractivity contribution in [1.29, 1.82) is 0 Å². The number of aryl methyl sites for hydroxylation is 1. The summed E-state index contributed by atoms with van der Waals surface area (Å²) >= 11 is 0. The van der Waals surface area contributed by atoms with E-state index in [0.29, 0.717) is 18.6 Å². The number of rotatable bonds is 3. The molecule has 0 spiro atoms. The summed E-state index contributed by atoms with van der Waals surface area (Å²) in [5.74, 6) is 2.95. The summed E-state index contributed by atoms with van der Waals surface area (Å²) in [5, 5.41) is 0. The molecular formula is C15H16O. The van der Waals surface area contributed by atoms with Crippen molar-refractivity contribution in [3.05, 3.63) is 35.4 Å². The van der Waals surface area contributed by atoms with Crippen LogP contribution in [0.25, 0.3) is 0 Å². The molecular weight excluding hydrogens is 196 g/mol. The highest BCUT2D eigenvalue weighted by atomic mass is 16.1. The number of terminal acetylenes is 1. The van der Waals surface area contributed by atoms with Crippen LogP contribution in [-0.2, 0) is 11.2 Å². The van der Waals surface area contributed by atoms with E-state index < -0.39 is 0 Å². The number of hydrogen-bond donors (Lipinski definition) is 0. The molecule has 2 rings (SSSR count). The zero-order valence-corrected chi connectivity index (χ0v) is 9.41. The number of fused-ring (bicyclic) bond motifs is 1. The van der Waals surface area contributed by atoms with Gasteiger partial charge < -0.3 is 0 Å². The lowest BCUT2D eigenvalue weighted by molar-refractivity contribution is -0.120. The summed E-state index contributed by atoms with van der Waals surface area (Å²) in [6, 6.07) is 8.29. The molecule has 82 valence electrons. The quantitative estimate of drug-likeness (QED) is 0.704. The molecule has 1 unspecified atom stereocenters. The maximum Gasteiger partial charge on any atom is 0.141 e. The minimum atomic E-state index is 0.0956. The van der Waals surface area contributed by atoms with Gasteiger partial charge in [0, 0.05) is 18.8 Å². The average molecular weight is 212 g/mol. The van der Waals surface area contributed by atoms with Gasteiger partial charge in [0.1, 0.15) is 5.78 Å². The molecule has 1 aromatic carbocycles. The minimum Gasteiger partial charge on any atom is -0.299 e. The Hall–Kier alpha value is -1.55. The zero-order chi connectivity index (χ0) is 11.4. The molecule has 16 heavy (non-hydrogen) atoms. The predicted molar refractivity (Wildman–Crippen MR) is 65.2 cm³/mol. The maximum absolute atomic E-state index is 12.0. The van der Waals surface area contributed by atoms with Crippen molar-refractivity contribution in [2.45, 2.75) is 38.0 Å². The van der Waals surface area contributed by atoms with Crippen LogP contribution < -0.4 is 0 Å². The molecule has 0 heterocycles. The fourth-order valence-corrected chi connectivity index (χ4v) is 2.46. The van der Waals surface area contributed by atoms with Gasteiger partial charge in [-0.1, -0.05) is 24.3 Å². The Balaban J connectivity index is 2.19. The number of carbonyl (C=O) groups is 1. The van der Waals surface area contributed by atoms with Crippen LogP contribution in [-0.4, -0.2) is 5.78 Å². The van der Waals surface area contributed by atoms with Crippen LogP contribution in [0.1, 0.15) is 42.7 Å². The monoisotopic (exact) mass is 212 g/mol. The maximum atomic E-state index is 12.0. The largest absolute Gasteiger partial charge is 0.299 e. The number of carbonyl (C=O) groups excluding carboxylic acids is 1. The minimum absolute atomic E-state index is 0.0956. The van der Waals surface area contributed by atoms with E-state index in [2.05, 4.69) is 18.1 Å². The first-order chi connectivity index (χ1) is 7.83. The smallest absolute Gasteiger partial charge is 0.141 e. The summed E-state index contributed by atoms with van der Waals surface area (Å²) in [7, 11) is 0. The van der Waals surface area contributed by atoms with E-state index in [4.69, 9.17) is 6.42 Å². The number of benzene rings is 1. The summed E-state index contributed by atoms with van der Waals surface area (Å²) in [5.41, 5.74) is 2.57. The molecule has 0 radical (unpaired) electrons. The molecule has 1 aliphatic rings. The molecule has 1 nitrogen and oxygen atoms in total. The molecule has 0 saturated heterocycles. The predicted octanol–water partition coefficient (Wildman–Crippen LogP) is 3.09. The van der Waals surface area contributed by atoms with Crippen molar-refractivity contribution in [2.75, 3.05) is 0 Å². The molecule has 0 fully saturated rings. The van der Waals surface area contributed by atoms with E-state index in [1.165, 1.54) is 11.1 Å². The summed E-state index contributed by atoms with van der Waals surface area (Å²) < 4.78 is 0. The fraction of sp³-hybridized carbons (Fsp3) is 0.400. The molecule has 1 aliphatic carbocycles. The highest BCUT2D eigenvalue weighted by molar-refractivity contribution is 5.86. The lowest BCUT2D eigenvalue weighted by Crippen LogP contribution is -2.18. The van der Waals surface area contributed by atoms with Gasteiger partial charge in [0.2, 0.25) is 0 Å². The molecule has 0 N–H and O–H groups in total. The molecule has 0 saturated carbocycles. The van der Waals surface area contributed by atoms with Gasteiger partial charge in [-0.3, -0.25) is 4.79 Å².